The fourth-order valence-corrected chi connectivity index (χ4v) is 3.98. The molecule has 190 valence electrons. The van der Waals surface area contributed by atoms with Gasteiger partial charge in [-0.25, -0.2) is 0 Å². The number of alkyl halides is 3. The number of halogens is 3. The second kappa shape index (κ2) is 10.6. The number of carbonyl (C=O) groups excluding carboxylic acids is 4. The van der Waals surface area contributed by atoms with E-state index in [4.69, 9.17) is 4.52 Å². The summed E-state index contributed by atoms with van der Waals surface area (Å²) in [6.07, 6.45) is -4.42. The van der Waals surface area contributed by atoms with Crippen molar-refractivity contribution < 1.29 is 36.9 Å². The summed E-state index contributed by atoms with van der Waals surface area (Å²) < 4.78 is 43.9. The normalized spacial score (nSPS) is 18.2. The summed E-state index contributed by atoms with van der Waals surface area (Å²) in [5, 5.41) is 8.58. The van der Waals surface area contributed by atoms with E-state index in [0.717, 1.165) is 0 Å². The second-order valence-electron chi connectivity index (χ2n) is 9.18. The minimum absolute atomic E-state index is 0.195. The van der Waals surface area contributed by atoms with Crippen molar-refractivity contribution in [3.05, 3.63) is 17.0 Å². The molecular formula is C22H31F3N4O5. The first-order chi connectivity index (χ1) is 15.7. The zero-order valence-electron chi connectivity index (χ0n) is 20.1. The van der Waals surface area contributed by atoms with Crippen molar-refractivity contribution in [2.75, 3.05) is 6.54 Å². The SMILES string of the molecule is Cc1noc(C)c1C(=O)N[C@H](C(=O)N1CCC[C@H]1C(=O)N[C@H](C(=O)C(F)(F)F)C(C)C)C(C)C. The zero-order chi connectivity index (χ0) is 26.0. The smallest absolute Gasteiger partial charge is 0.361 e. The average Bonchev–Trinajstić information content (AvgIpc) is 3.34. The molecule has 3 atom stereocenters. The third kappa shape index (κ3) is 5.95. The fraction of sp³-hybridized carbons (Fsp3) is 0.682. The van der Waals surface area contributed by atoms with Crippen LogP contribution in [0, 0.1) is 25.7 Å². The largest absolute Gasteiger partial charge is 0.452 e. The van der Waals surface area contributed by atoms with E-state index in [9.17, 15) is 32.3 Å². The van der Waals surface area contributed by atoms with E-state index in [0.29, 0.717) is 12.1 Å². The van der Waals surface area contributed by atoms with Gasteiger partial charge in [0.05, 0.1) is 11.7 Å². The summed E-state index contributed by atoms with van der Waals surface area (Å²) in [6.45, 7) is 9.58. The highest BCUT2D eigenvalue weighted by Gasteiger charge is 2.46. The fourth-order valence-electron chi connectivity index (χ4n) is 3.98. The molecule has 1 aromatic rings. The predicted molar refractivity (Wildman–Crippen MR) is 115 cm³/mol. The molecule has 1 saturated heterocycles. The monoisotopic (exact) mass is 488 g/mol. The molecule has 0 spiro atoms. The summed E-state index contributed by atoms with van der Waals surface area (Å²) in [5.41, 5.74) is 0.567. The van der Waals surface area contributed by atoms with Crippen LogP contribution in [0.5, 0.6) is 0 Å². The van der Waals surface area contributed by atoms with Gasteiger partial charge >= 0.3 is 6.18 Å². The Morgan fingerprint density at radius 3 is 2.09 bits per heavy atom. The highest BCUT2D eigenvalue weighted by molar-refractivity contribution is 6.00. The Kier molecular flexibility index (Phi) is 8.49. The number of nitrogens with zero attached hydrogens (tertiary/aromatic N) is 2. The van der Waals surface area contributed by atoms with Crippen LogP contribution in [0.25, 0.3) is 0 Å². The minimum atomic E-state index is -5.10. The van der Waals surface area contributed by atoms with Crippen molar-refractivity contribution in [3.63, 3.8) is 0 Å². The number of aryl methyl sites for hydroxylation is 2. The Morgan fingerprint density at radius 1 is 1.03 bits per heavy atom. The van der Waals surface area contributed by atoms with Crippen molar-refractivity contribution in [2.24, 2.45) is 11.8 Å². The minimum Gasteiger partial charge on any atom is -0.361 e. The number of carbonyl (C=O) groups is 4. The van der Waals surface area contributed by atoms with Crippen LogP contribution in [0.1, 0.15) is 62.3 Å². The van der Waals surface area contributed by atoms with Crippen LogP contribution in [0.3, 0.4) is 0 Å². The van der Waals surface area contributed by atoms with E-state index in [2.05, 4.69) is 15.8 Å². The van der Waals surface area contributed by atoms with Gasteiger partial charge in [0.25, 0.3) is 11.7 Å². The Hall–Kier alpha value is -2.92. The van der Waals surface area contributed by atoms with Gasteiger partial charge in [0, 0.05) is 6.54 Å². The van der Waals surface area contributed by atoms with Crippen LogP contribution < -0.4 is 10.6 Å². The van der Waals surface area contributed by atoms with E-state index in [1.54, 1.807) is 27.7 Å². The van der Waals surface area contributed by atoms with Crippen LogP contribution in [0.2, 0.25) is 0 Å². The number of ketones is 1. The summed E-state index contributed by atoms with van der Waals surface area (Å²) in [7, 11) is 0. The molecule has 2 heterocycles. The lowest BCUT2D eigenvalue weighted by molar-refractivity contribution is -0.175. The first-order valence-corrected chi connectivity index (χ1v) is 11.1. The van der Waals surface area contributed by atoms with Gasteiger partial charge in [-0.3, -0.25) is 19.2 Å². The van der Waals surface area contributed by atoms with Gasteiger partial charge in [-0.2, -0.15) is 13.2 Å². The molecule has 2 N–H and O–H groups in total. The van der Waals surface area contributed by atoms with Gasteiger partial charge in [-0.1, -0.05) is 32.9 Å². The molecule has 1 aliphatic heterocycles. The van der Waals surface area contributed by atoms with Gasteiger partial charge in [0.15, 0.2) is 0 Å². The number of aromatic nitrogens is 1. The third-order valence-corrected chi connectivity index (χ3v) is 5.84. The van der Waals surface area contributed by atoms with Crippen molar-refractivity contribution in [2.45, 2.75) is 78.7 Å². The summed E-state index contributed by atoms with van der Waals surface area (Å²) in [5.74, 6) is -4.83. The van der Waals surface area contributed by atoms with Crippen molar-refractivity contribution in [1.82, 2.24) is 20.7 Å². The van der Waals surface area contributed by atoms with E-state index in [1.807, 2.05) is 0 Å². The van der Waals surface area contributed by atoms with Crippen molar-refractivity contribution >= 4 is 23.5 Å². The predicted octanol–water partition coefficient (Wildman–Crippen LogP) is 2.31. The first-order valence-electron chi connectivity index (χ1n) is 11.1. The summed E-state index contributed by atoms with van der Waals surface area (Å²) in [4.78, 5) is 52.0. The standard InChI is InChI=1S/C22H31F3N4O5/c1-10(2)16(18(30)22(23,24)25)26-19(31)14-8-7-9-29(14)21(33)17(11(3)4)27-20(32)15-12(5)28-34-13(15)6/h10-11,14,16-17H,7-9H2,1-6H3,(H,26,31)(H,27,32)/t14-,16-,17-/m0/s1. The molecule has 34 heavy (non-hydrogen) atoms. The van der Waals surface area contributed by atoms with Crippen molar-refractivity contribution in [1.29, 1.82) is 0 Å². The molecule has 0 bridgehead atoms. The maximum absolute atomic E-state index is 13.3. The van der Waals surface area contributed by atoms with Gasteiger partial charge in [0.2, 0.25) is 11.8 Å². The van der Waals surface area contributed by atoms with Crippen LogP contribution in [0.15, 0.2) is 4.52 Å². The topological polar surface area (TPSA) is 122 Å². The molecule has 1 fully saturated rings. The summed E-state index contributed by atoms with van der Waals surface area (Å²) in [6, 6.07) is -3.80. The molecule has 0 aromatic carbocycles. The van der Waals surface area contributed by atoms with Gasteiger partial charge in [0.1, 0.15) is 23.4 Å². The molecule has 9 nitrogen and oxygen atoms in total. The number of hydrogen-bond acceptors (Lipinski definition) is 6. The van der Waals surface area contributed by atoms with Gasteiger partial charge in [-0.05, 0) is 38.5 Å². The lowest BCUT2D eigenvalue weighted by Gasteiger charge is -2.31. The Balaban J connectivity index is 2.20. The Labute approximate surface area is 195 Å². The molecule has 0 saturated carbocycles. The molecule has 1 aromatic heterocycles. The molecule has 3 amide bonds. The lowest BCUT2D eigenvalue weighted by atomic mass is 9.98. The third-order valence-electron chi connectivity index (χ3n) is 5.84. The number of likely N-dealkylation sites (tertiary alicyclic amines) is 1. The Bertz CT molecular complexity index is 922. The number of rotatable bonds is 8. The van der Waals surface area contributed by atoms with Crippen LogP contribution in [-0.4, -0.2) is 64.4 Å². The maximum atomic E-state index is 13.3. The number of hydrogen-bond donors (Lipinski definition) is 2. The molecule has 0 unspecified atom stereocenters. The molecule has 0 radical (unpaired) electrons. The highest BCUT2D eigenvalue weighted by Crippen LogP contribution is 2.24. The molecular weight excluding hydrogens is 457 g/mol. The van der Waals surface area contributed by atoms with Gasteiger partial charge in [-0.15, -0.1) is 0 Å². The number of Topliss-reactive ketones (excluding diaryl/α,β-unsaturated/α-hetero) is 1. The first kappa shape index (κ1) is 27.3. The highest BCUT2D eigenvalue weighted by atomic mass is 19.4. The number of amides is 3. The lowest BCUT2D eigenvalue weighted by Crippen LogP contribution is -2.58. The second-order valence-corrected chi connectivity index (χ2v) is 9.18. The number of nitrogens with one attached hydrogen (secondary N) is 2. The van der Waals surface area contributed by atoms with Crippen LogP contribution in [0.4, 0.5) is 13.2 Å². The molecule has 12 heteroatoms. The Morgan fingerprint density at radius 2 is 1.62 bits per heavy atom. The van der Waals surface area contributed by atoms with Crippen LogP contribution >= 0.6 is 0 Å². The molecule has 1 aliphatic rings. The molecule has 0 aliphatic carbocycles. The van der Waals surface area contributed by atoms with Crippen LogP contribution in [-0.2, 0) is 14.4 Å². The quantitative estimate of drug-likeness (QED) is 0.579. The summed E-state index contributed by atoms with van der Waals surface area (Å²) >= 11 is 0. The van der Waals surface area contributed by atoms with E-state index >= 15 is 0 Å². The van der Waals surface area contributed by atoms with E-state index < -0.39 is 53.7 Å². The van der Waals surface area contributed by atoms with Crippen molar-refractivity contribution in [3.8, 4) is 0 Å². The van der Waals surface area contributed by atoms with Gasteiger partial charge < -0.3 is 20.1 Å². The zero-order valence-corrected chi connectivity index (χ0v) is 20.1. The van der Waals surface area contributed by atoms with E-state index in [1.165, 1.54) is 18.7 Å². The molecule has 2 rings (SSSR count). The van der Waals surface area contributed by atoms with E-state index in [-0.39, 0.29) is 30.2 Å². The average molecular weight is 489 g/mol. The maximum Gasteiger partial charge on any atom is 0.452 e.